The summed E-state index contributed by atoms with van der Waals surface area (Å²) in [6, 6.07) is 32.7. The second kappa shape index (κ2) is 12.5. The minimum atomic E-state index is -1.39. The zero-order valence-electron chi connectivity index (χ0n) is 15.3. The first-order valence-electron chi connectivity index (χ1n) is 8.39. The van der Waals surface area contributed by atoms with Crippen molar-refractivity contribution in [3.05, 3.63) is 97.4 Å². The van der Waals surface area contributed by atoms with Gasteiger partial charge in [0.1, 0.15) is 0 Å². The van der Waals surface area contributed by atoms with Crippen LogP contribution in [0.3, 0.4) is 0 Å². The Kier molecular flexibility index (Phi) is 10.8. The molecular formula is C23H22AsAuO2. The van der Waals surface area contributed by atoms with E-state index in [0.29, 0.717) is 0 Å². The molecule has 0 amide bonds. The zero-order chi connectivity index (χ0) is 18.8. The number of rotatable bonds is 5. The molecule has 0 radical (unpaired) electrons. The van der Waals surface area contributed by atoms with Gasteiger partial charge in [0.2, 0.25) is 0 Å². The predicted octanol–water partition coefficient (Wildman–Crippen LogP) is 2.57. The van der Waals surface area contributed by atoms with Crippen LogP contribution in [0.1, 0.15) is 13.8 Å². The third-order valence-electron chi connectivity index (χ3n) is 3.45. The van der Waals surface area contributed by atoms with Gasteiger partial charge >= 0.3 is 141 Å². The topological polar surface area (TPSA) is 34.1 Å². The Morgan fingerprint density at radius 1 is 0.593 bits per heavy atom. The molecule has 0 bridgehead atoms. The standard InChI is InChI=1S/C18H15As.C5H7O2.Au/c1-4-10-16(11-5-1)19(17-12-6-2-7-13-17)18-14-8-3-9-15-18;1-4(6)3-5(2)7;/h1-15H;3H,1-2H3;/q;-1;+1. The van der Waals surface area contributed by atoms with Gasteiger partial charge < -0.3 is 9.59 Å². The molecule has 27 heavy (non-hydrogen) atoms. The SMILES string of the molecule is CC(=O)[CH-]C(C)=O.[Au+].c1ccc([As](c2ccccc2)c2ccccc2)cc1. The maximum absolute atomic E-state index is 9.98. The first kappa shape index (κ1) is 23.2. The Morgan fingerprint density at radius 2 is 0.852 bits per heavy atom. The Labute approximate surface area is 181 Å². The first-order chi connectivity index (χ1) is 12.6. The molecular weight excluding hydrogens is 580 g/mol. The number of hydrogen-bond donors (Lipinski definition) is 0. The van der Waals surface area contributed by atoms with Crippen molar-refractivity contribution in [2.45, 2.75) is 13.8 Å². The number of hydrogen-bond acceptors (Lipinski definition) is 2. The van der Waals surface area contributed by atoms with Crippen LogP contribution in [0.15, 0.2) is 91.0 Å². The van der Waals surface area contributed by atoms with Crippen molar-refractivity contribution in [3.8, 4) is 0 Å². The molecule has 0 N–H and O–H groups in total. The van der Waals surface area contributed by atoms with E-state index >= 15 is 0 Å². The van der Waals surface area contributed by atoms with Crippen LogP contribution in [-0.4, -0.2) is 26.2 Å². The summed E-state index contributed by atoms with van der Waals surface area (Å²) in [5, 5.41) is 0. The Bertz CT molecular complexity index is 715. The summed E-state index contributed by atoms with van der Waals surface area (Å²) in [5.41, 5.74) is 0. The van der Waals surface area contributed by atoms with Crippen molar-refractivity contribution >= 4 is 39.3 Å². The Hall–Kier alpha value is -1.83. The van der Waals surface area contributed by atoms with E-state index in [4.69, 9.17) is 0 Å². The van der Waals surface area contributed by atoms with Crippen LogP contribution in [0.2, 0.25) is 0 Å². The number of ketones is 2. The van der Waals surface area contributed by atoms with Crippen molar-refractivity contribution in [1.29, 1.82) is 0 Å². The van der Waals surface area contributed by atoms with Crippen LogP contribution >= 0.6 is 0 Å². The molecule has 0 heterocycles. The second-order valence-electron chi connectivity index (χ2n) is 5.71. The second-order valence-corrected chi connectivity index (χ2v) is 10.4. The molecule has 4 heteroatoms. The van der Waals surface area contributed by atoms with Crippen LogP contribution in [0.25, 0.3) is 0 Å². The van der Waals surface area contributed by atoms with E-state index in [9.17, 15) is 9.59 Å². The van der Waals surface area contributed by atoms with Gasteiger partial charge in [-0.3, -0.25) is 6.42 Å². The summed E-state index contributed by atoms with van der Waals surface area (Å²) in [6.45, 7) is 2.70. The van der Waals surface area contributed by atoms with Crippen LogP contribution < -0.4 is 13.1 Å². The van der Waals surface area contributed by atoms with Gasteiger partial charge in [0.15, 0.2) is 0 Å². The Morgan fingerprint density at radius 3 is 1.04 bits per heavy atom. The van der Waals surface area contributed by atoms with Crippen molar-refractivity contribution < 1.29 is 32.0 Å². The van der Waals surface area contributed by atoms with E-state index in [1.165, 1.54) is 26.9 Å². The van der Waals surface area contributed by atoms with Gasteiger partial charge in [0.25, 0.3) is 0 Å². The Balaban J connectivity index is 0.000000395. The van der Waals surface area contributed by atoms with Crippen LogP contribution in [0, 0.1) is 6.42 Å². The summed E-state index contributed by atoms with van der Waals surface area (Å²) in [4.78, 5) is 20.0. The molecule has 0 aliphatic rings. The van der Waals surface area contributed by atoms with Crippen molar-refractivity contribution in [2.24, 2.45) is 0 Å². The molecule has 0 saturated carbocycles. The third-order valence-corrected chi connectivity index (χ3v) is 8.58. The fourth-order valence-corrected chi connectivity index (χ4v) is 7.30. The van der Waals surface area contributed by atoms with E-state index in [1.54, 1.807) is 0 Å². The average molecular weight is 602 g/mol. The van der Waals surface area contributed by atoms with Crippen molar-refractivity contribution in [1.82, 2.24) is 0 Å². The molecule has 142 valence electrons. The molecule has 2 nitrogen and oxygen atoms in total. The molecule has 0 unspecified atom stereocenters. The molecule has 3 aromatic rings. The molecule has 0 spiro atoms. The zero-order valence-corrected chi connectivity index (χ0v) is 19.3. The maximum atomic E-state index is 9.98. The van der Waals surface area contributed by atoms with E-state index in [1.807, 2.05) is 0 Å². The van der Waals surface area contributed by atoms with Crippen LogP contribution in [-0.2, 0) is 32.0 Å². The van der Waals surface area contributed by atoms with Gasteiger partial charge in [-0.2, -0.15) is 0 Å². The fourth-order valence-electron chi connectivity index (χ4n) is 2.46. The van der Waals surface area contributed by atoms with E-state index in [0.717, 1.165) is 6.42 Å². The molecule has 0 aliphatic heterocycles. The van der Waals surface area contributed by atoms with E-state index in [-0.39, 0.29) is 33.9 Å². The van der Waals surface area contributed by atoms with Gasteiger partial charge in [-0.1, -0.05) is 0 Å². The number of benzene rings is 3. The van der Waals surface area contributed by atoms with E-state index in [2.05, 4.69) is 91.0 Å². The predicted molar refractivity (Wildman–Crippen MR) is 110 cm³/mol. The van der Waals surface area contributed by atoms with Gasteiger partial charge in [0, 0.05) is 11.6 Å². The number of Topliss-reactive ketones (excluding diaryl/α,β-unsaturated/α-hetero) is 2. The molecule has 0 aliphatic carbocycles. The van der Waals surface area contributed by atoms with Gasteiger partial charge in [-0.25, -0.2) is 0 Å². The van der Waals surface area contributed by atoms with Crippen LogP contribution in [0.4, 0.5) is 0 Å². The summed E-state index contributed by atoms with van der Waals surface area (Å²) in [7, 11) is 0. The quantitative estimate of drug-likeness (QED) is 0.256. The minimum absolute atomic E-state index is 0. The molecule has 0 atom stereocenters. The fraction of sp³-hybridized carbons (Fsp3) is 0.0870. The normalized spacial score (nSPS) is 9.44. The summed E-state index contributed by atoms with van der Waals surface area (Å²) >= 11 is -1.39. The number of carbonyl (C=O) groups is 2. The van der Waals surface area contributed by atoms with Gasteiger partial charge in [-0.05, 0) is 13.8 Å². The molecule has 0 saturated heterocycles. The number of carbonyl (C=O) groups excluding carboxylic acids is 2. The molecule has 3 aromatic carbocycles. The molecule has 0 aromatic heterocycles. The summed E-state index contributed by atoms with van der Waals surface area (Å²) in [5.74, 6) is -0.375. The van der Waals surface area contributed by atoms with Gasteiger partial charge in [0.05, 0.1) is 0 Å². The van der Waals surface area contributed by atoms with Crippen LogP contribution in [0.5, 0.6) is 0 Å². The van der Waals surface area contributed by atoms with Crippen molar-refractivity contribution in [3.63, 3.8) is 0 Å². The van der Waals surface area contributed by atoms with Crippen molar-refractivity contribution in [2.75, 3.05) is 0 Å². The van der Waals surface area contributed by atoms with E-state index < -0.39 is 14.7 Å². The van der Waals surface area contributed by atoms with Gasteiger partial charge in [-0.15, -0.1) is 0 Å². The molecule has 0 fully saturated rings. The summed E-state index contributed by atoms with van der Waals surface area (Å²) in [6.07, 6.45) is 1.06. The monoisotopic (exact) mass is 602 g/mol. The third kappa shape index (κ3) is 8.15. The first-order valence-corrected chi connectivity index (χ1v) is 11.2. The average Bonchev–Trinajstić information content (AvgIpc) is 2.64. The summed E-state index contributed by atoms with van der Waals surface area (Å²) < 4.78 is 4.44. The molecule has 3 rings (SSSR count).